The third-order valence-corrected chi connectivity index (χ3v) is 14.7. The van der Waals surface area contributed by atoms with Crippen molar-refractivity contribution in [1.29, 1.82) is 0 Å². The number of aromatic nitrogens is 4. The molecule has 0 spiro atoms. The maximum Gasteiger partial charge on any atom is 0.293 e. The minimum absolute atomic E-state index is 0.0627. The number of H-pyrrole nitrogens is 1. The van der Waals surface area contributed by atoms with Crippen molar-refractivity contribution in [1.82, 2.24) is 29.4 Å². The first-order chi connectivity index (χ1) is 30.7. The number of aromatic amines is 1. The molecule has 0 radical (unpaired) electrons. The van der Waals surface area contributed by atoms with Gasteiger partial charge in [0.15, 0.2) is 5.65 Å². The van der Waals surface area contributed by atoms with Crippen molar-refractivity contribution in [2.75, 3.05) is 49.5 Å². The lowest BCUT2D eigenvalue weighted by Gasteiger charge is -2.39. The molecule has 0 unspecified atom stereocenters. The number of carbonyl (C=O) groups is 1. The quantitative estimate of drug-likeness (QED) is 0.0682. The Morgan fingerprint density at radius 2 is 1.77 bits per heavy atom. The highest BCUT2D eigenvalue weighted by Gasteiger charge is 2.31. The van der Waals surface area contributed by atoms with Crippen molar-refractivity contribution < 1.29 is 23.2 Å². The molecule has 1 aliphatic heterocycles. The van der Waals surface area contributed by atoms with E-state index in [1.807, 2.05) is 36.4 Å². The molecule has 2 aliphatic carbocycles. The molecule has 4 N–H and O–H groups in total. The molecule has 4 heterocycles. The van der Waals surface area contributed by atoms with Crippen LogP contribution in [0.4, 0.5) is 17.1 Å². The average molecular weight is 907 g/mol. The summed E-state index contributed by atoms with van der Waals surface area (Å²) < 4.78 is 31.6. The van der Waals surface area contributed by atoms with Gasteiger partial charge in [0, 0.05) is 73.8 Å². The Morgan fingerprint density at radius 1 is 1.00 bits per heavy atom. The van der Waals surface area contributed by atoms with Crippen LogP contribution in [0, 0.1) is 21.4 Å². The Kier molecular flexibility index (Phi) is 12.0. The van der Waals surface area contributed by atoms with Crippen LogP contribution in [0.25, 0.3) is 33.3 Å². The fourth-order valence-corrected chi connectivity index (χ4v) is 10.5. The highest BCUT2D eigenvalue weighted by atomic mass is 35.5. The van der Waals surface area contributed by atoms with Crippen molar-refractivity contribution in [2.45, 2.75) is 69.8 Å². The maximum absolute atomic E-state index is 14.2. The standard InChI is InChI=1S/C47H52ClN9O6S/c1-47(2)17-15-33(39(26-47)31-5-7-34(48)8-6-31)29-54-19-21-55(22-20-54)35-9-13-38(42(24-35)56-43-23-32-16-18-49-45(32)52-41(43)28-51-56)46(59)53-64(62,63)37-12-14-40(44(25-37)57(60)61)50-27-30-3-10-36(58)11-4-30/h5-9,12-14,16,18,23-25,28,30,36,50-51,58H,3-4,10-11,15,17,19-22,26-27,29H2,1-2H3,(H,53,59). The van der Waals surface area contributed by atoms with Crippen molar-refractivity contribution in [2.24, 2.45) is 11.3 Å². The fraction of sp³-hybridized carbons (Fsp3) is 0.383. The zero-order chi connectivity index (χ0) is 44.8. The number of carbonyl (C=O) groups excluding carboxylic acids is 1. The predicted octanol–water partition coefficient (Wildman–Crippen LogP) is 8.33. The number of nitro benzene ring substituents is 1. The number of aliphatic hydroxyl groups excluding tert-OH is 1. The second-order valence-electron chi connectivity index (χ2n) is 18.2. The first-order valence-corrected chi connectivity index (χ1v) is 23.7. The lowest BCUT2D eigenvalue weighted by atomic mass is 9.72. The van der Waals surface area contributed by atoms with E-state index >= 15 is 0 Å². The van der Waals surface area contributed by atoms with Crippen molar-refractivity contribution >= 4 is 72.2 Å². The van der Waals surface area contributed by atoms with Crippen LogP contribution in [0.3, 0.4) is 0 Å². The number of anilines is 2. The summed E-state index contributed by atoms with van der Waals surface area (Å²) in [5, 5.41) is 29.9. The lowest BCUT2D eigenvalue weighted by molar-refractivity contribution is -0.384. The van der Waals surface area contributed by atoms with Gasteiger partial charge in [-0.25, -0.2) is 23.1 Å². The number of hydrogen-bond donors (Lipinski definition) is 4. The minimum atomic E-state index is -4.58. The molecule has 1 saturated carbocycles. The molecule has 0 atom stereocenters. The van der Waals surface area contributed by atoms with Crippen molar-refractivity contribution in [3.63, 3.8) is 0 Å². The van der Waals surface area contributed by atoms with E-state index in [9.17, 15) is 28.4 Å². The molecule has 64 heavy (non-hydrogen) atoms. The molecule has 0 bridgehead atoms. The number of fused-ring (bicyclic) bond motifs is 2. The molecule has 1 amide bonds. The SMILES string of the molecule is CC1(C)CCC(CN2CCN(c3ccc(C(=O)NS(=O)(=O)c4ccc(NCC5CCC(O)CC5)c([N+](=O)[O-])c4)c(-n4[nH]cc5nc6nccc6cc54)c3)CC2)=C(c2ccc(Cl)cc2)C1. The smallest absolute Gasteiger partial charge is 0.293 e. The second-order valence-corrected chi connectivity index (χ2v) is 20.3. The summed E-state index contributed by atoms with van der Waals surface area (Å²) in [7, 11) is -4.58. The third kappa shape index (κ3) is 9.23. The van der Waals surface area contributed by atoms with Crippen LogP contribution < -0.4 is 14.9 Å². The molecule has 3 aromatic carbocycles. The van der Waals surface area contributed by atoms with Gasteiger partial charge < -0.3 is 15.3 Å². The summed E-state index contributed by atoms with van der Waals surface area (Å²) in [6, 6.07) is 20.8. The van der Waals surface area contributed by atoms with E-state index in [1.54, 1.807) is 23.1 Å². The summed E-state index contributed by atoms with van der Waals surface area (Å²) in [6.45, 7) is 9.13. The number of benzene rings is 3. The summed E-state index contributed by atoms with van der Waals surface area (Å²) >= 11 is 6.26. The van der Waals surface area contributed by atoms with E-state index in [0.29, 0.717) is 41.8 Å². The Bertz CT molecular complexity index is 2880. The van der Waals surface area contributed by atoms with Gasteiger partial charge in [0.05, 0.1) is 32.7 Å². The molecular weight excluding hydrogens is 854 g/mol. The third-order valence-electron chi connectivity index (χ3n) is 13.2. The van der Waals surface area contributed by atoms with Gasteiger partial charge in [-0.1, -0.05) is 43.2 Å². The van der Waals surface area contributed by atoms with Gasteiger partial charge in [0.1, 0.15) is 11.2 Å². The second kappa shape index (κ2) is 17.6. The number of sulfonamides is 1. The lowest BCUT2D eigenvalue weighted by Crippen LogP contribution is -2.47. The van der Waals surface area contributed by atoms with Crippen molar-refractivity contribution in [3.05, 3.63) is 117 Å². The van der Waals surface area contributed by atoms with Crippen LogP contribution >= 0.6 is 11.6 Å². The van der Waals surface area contributed by atoms with Crippen molar-refractivity contribution in [3.8, 4) is 5.69 Å². The molecule has 17 heteroatoms. The molecule has 9 rings (SSSR count). The number of nitrogens with one attached hydrogen (secondary N) is 3. The van der Waals surface area contributed by atoms with E-state index in [0.717, 1.165) is 87.0 Å². The predicted molar refractivity (Wildman–Crippen MR) is 250 cm³/mol. The normalized spacial score (nSPS) is 19.6. The molecule has 3 aromatic heterocycles. The van der Waals surface area contributed by atoms with Gasteiger partial charge in [-0.05, 0) is 122 Å². The number of amides is 1. The Labute approximate surface area is 376 Å². The summed E-state index contributed by atoms with van der Waals surface area (Å²) in [5.41, 5.74) is 7.24. The van der Waals surface area contributed by atoms with Crippen LogP contribution in [0.1, 0.15) is 74.7 Å². The number of hydrogen-bond acceptors (Lipinski definition) is 11. The van der Waals surface area contributed by atoms with Gasteiger partial charge in [-0.3, -0.25) is 29.6 Å². The highest BCUT2D eigenvalue weighted by Crippen LogP contribution is 2.43. The monoisotopic (exact) mass is 905 g/mol. The zero-order valence-electron chi connectivity index (χ0n) is 35.9. The topological polar surface area (TPSA) is 192 Å². The van der Waals surface area contributed by atoms with Crippen LogP contribution in [0.5, 0.6) is 0 Å². The van der Waals surface area contributed by atoms with Crippen LogP contribution in [0.15, 0.2) is 95.7 Å². The van der Waals surface area contributed by atoms with E-state index in [-0.39, 0.29) is 28.7 Å². The molecule has 334 valence electrons. The van der Waals surface area contributed by atoms with Gasteiger partial charge in [0.2, 0.25) is 0 Å². The molecule has 1 saturated heterocycles. The molecule has 3 aliphatic rings. The number of halogens is 1. The van der Waals surface area contributed by atoms with E-state index in [4.69, 9.17) is 11.6 Å². The zero-order valence-corrected chi connectivity index (χ0v) is 37.5. The molecular formula is C47H52ClN9O6S. The summed E-state index contributed by atoms with van der Waals surface area (Å²) in [4.78, 5) is 39.1. The van der Waals surface area contributed by atoms with E-state index in [2.05, 4.69) is 60.9 Å². The number of allylic oxidation sites excluding steroid dienone is 1. The summed E-state index contributed by atoms with van der Waals surface area (Å²) in [6.07, 6.45) is 9.16. The number of aliphatic hydroxyl groups is 1. The van der Waals surface area contributed by atoms with Crippen LogP contribution in [0.2, 0.25) is 5.02 Å². The summed E-state index contributed by atoms with van der Waals surface area (Å²) in [5.74, 6) is -0.684. The number of piperazine rings is 1. The number of pyridine rings is 1. The number of rotatable bonds is 12. The fourth-order valence-electron chi connectivity index (χ4n) is 9.43. The highest BCUT2D eigenvalue weighted by molar-refractivity contribution is 7.90. The van der Waals surface area contributed by atoms with Gasteiger partial charge >= 0.3 is 0 Å². The Balaban J connectivity index is 0.970. The maximum atomic E-state index is 14.2. The first-order valence-electron chi connectivity index (χ1n) is 21.9. The first kappa shape index (κ1) is 43.4. The molecule has 2 fully saturated rings. The van der Waals surface area contributed by atoms with Gasteiger partial charge in [-0.2, -0.15) is 0 Å². The van der Waals surface area contributed by atoms with E-state index < -0.39 is 31.4 Å². The van der Waals surface area contributed by atoms with Gasteiger partial charge in [0.25, 0.3) is 21.6 Å². The molecule has 15 nitrogen and oxygen atoms in total. The minimum Gasteiger partial charge on any atom is -0.393 e. The Hall–Kier alpha value is -5.81. The van der Waals surface area contributed by atoms with Gasteiger partial charge in [-0.15, -0.1) is 0 Å². The number of nitro groups is 1. The van der Waals surface area contributed by atoms with Crippen LogP contribution in [-0.2, 0) is 10.0 Å². The Morgan fingerprint density at radius 3 is 2.52 bits per heavy atom. The average Bonchev–Trinajstić information content (AvgIpc) is 3.92. The van der Waals surface area contributed by atoms with Crippen LogP contribution in [-0.4, -0.2) is 94.4 Å². The molecule has 6 aromatic rings. The van der Waals surface area contributed by atoms with E-state index in [1.165, 1.54) is 28.8 Å². The largest absolute Gasteiger partial charge is 0.393 e. The number of nitrogens with zero attached hydrogens (tertiary/aromatic N) is 6.